The quantitative estimate of drug-likeness (QED) is 0.0813. The smallest absolute Gasteiger partial charge is 0.422 e. The second kappa shape index (κ2) is 20.4. The topological polar surface area (TPSA) is 64.6 Å². The van der Waals surface area contributed by atoms with Crippen molar-refractivity contribution in [1.29, 1.82) is 0 Å². The maximum atomic E-state index is 12.8. The predicted octanol–water partition coefficient (Wildman–Crippen LogP) is 11.8. The molecular weight excluding hydrogens is 821 g/mol. The van der Waals surface area contributed by atoms with Crippen LogP contribution in [-0.2, 0) is 60.1 Å². The van der Waals surface area contributed by atoms with Gasteiger partial charge < -0.3 is 32.8 Å². The zero-order valence-electron chi connectivity index (χ0n) is 35.6. The van der Waals surface area contributed by atoms with Gasteiger partial charge in [-0.3, -0.25) is 0 Å². The maximum Gasteiger partial charge on any atom is 0.422 e. The van der Waals surface area contributed by atoms with Crippen molar-refractivity contribution in [2.24, 2.45) is 0 Å². The van der Waals surface area contributed by atoms with Crippen LogP contribution in [0.1, 0.15) is 54.2 Å². The number of alkyl halides is 3. The molecule has 0 amide bonds. The summed E-state index contributed by atoms with van der Waals surface area (Å²) in [6, 6.07) is 41.9. The molecule has 326 valence electrons. The van der Waals surface area contributed by atoms with Crippen molar-refractivity contribution in [3.63, 3.8) is 0 Å². The number of benzene rings is 5. The summed E-state index contributed by atoms with van der Waals surface area (Å²) < 4.78 is 85.2. The summed E-state index contributed by atoms with van der Waals surface area (Å²) in [5.74, 6) is -1.46. The number of hydrogen-bond donors (Lipinski definition) is 0. The predicted molar refractivity (Wildman–Crippen MR) is 234 cm³/mol. The van der Waals surface area contributed by atoms with Gasteiger partial charge in [0.05, 0.1) is 26.4 Å². The lowest BCUT2D eigenvalue weighted by Gasteiger charge is -2.52. The Hall–Kier alpha value is -4.04. The molecule has 0 bridgehead atoms. The molecule has 5 aromatic carbocycles. The molecule has 0 N–H and O–H groups in total. The molecule has 0 spiro atoms. The Morgan fingerprint density at radius 2 is 1.20 bits per heavy atom. The van der Waals surface area contributed by atoms with E-state index in [0.717, 1.165) is 27.8 Å². The summed E-state index contributed by atoms with van der Waals surface area (Å²) in [4.78, 5) is 0. The molecular formula is C49H56ClF3O7Si. The molecule has 1 saturated heterocycles. The minimum Gasteiger partial charge on any atom is -0.484 e. The third-order valence-corrected chi connectivity index (χ3v) is 16.3. The van der Waals surface area contributed by atoms with E-state index in [4.69, 9.17) is 44.4 Å². The van der Waals surface area contributed by atoms with E-state index >= 15 is 0 Å². The number of methoxy groups -OCH3 is 1. The summed E-state index contributed by atoms with van der Waals surface area (Å²) >= 11 is 6.90. The third kappa shape index (κ3) is 12.3. The average Bonchev–Trinajstić information content (AvgIpc) is 3.24. The van der Waals surface area contributed by atoms with Gasteiger partial charge in [-0.15, -0.1) is 0 Å². The van der Waals surface area contributed by atoms with Crippen molar-refractivity contribution in [2.45, 2.75) is 102 Å². The summed E-state index contributed by atoms with van der Waals surface area (Å²) in [5.41, 5.74) is 5.08. The monoisotopic (exact) mass is 876 g/mol. The fourth-order valence-corrected chi connectivity index (χ4v) is 8.21. The summed E-state index contributed by atoms with van der Waals surface area (Å²) in [6.07, 6.45) is -7.11. The Morgan fingerprint density at radius 3 is 1.70 bits per heavy atom. The van der Waals surface area contributed by atoms with E-state index in [1.54, 1.807) is 25.3 Å². The highest BCUT2D eigenvalue weighted by molar-refractivity contribution is 6.74. The Bertz CT molecular complexity index is 2100. The van der Waals surface area contributed by atoms with Gasteiger partial charge in [-0.2, -0.15) is 13.2 Å². The van der Waals surface area contributed by atoms with Crippen molar-refractivity contribution in [1.82, 2.24) is 0 Å². The minimum absolute atomic E-state index is 0.0846. The molecule has 1 aliphatic heterocycles. The molecule has 5 atom stereocenters. The standard InChI is InChI=1S/C49H56ClF3O7Si/c1-47(2,3)61(5,6)59-33-43-44(55-30-36-16-10-7-11-17-36)45(56-31-37-18-12-8-13-19-37)46(57-32-38-20-14-9-15-21-38)49(54-4,60-43)40-24-27-42(50)39(29-40)28-35-22-25-41(26-23-35)58-34-48(51,52)53/h7-27,29,43-46H,28,30-34H2,1-6H3/t43-,44-,45?,46-,49+/m1/s1. The van der Waals surface area contributed by atoms with Gasteiger partial charge in [0.25, 0.3) is 0 Å². The van der Waals surface area contributed by atoms with Gasteiger partial charge in [0, 0.05) is 17.7 Å². The number of ether oxygens (including phenoxy) is 6. The number of halogens is 4. The van der Waals surface area contributed by atoms with E-state index in [1.807, 2.05) is 103 Å². The highest BCUT2D eigenvalue weighted by Gasteiger charge is 2.59. The molecule has 5 aromatic rings. The van der Waals surface area contributed by atoms with Crippen LogP contribution in [0.15, 0.2) is 133 Å². The van der Waals surface area contributed by atoms with Gasteiger partial charge in [-0.25, -0.2) is 0 Å². The molecule has 61 heavy (non-hydrogen) atoms. The normalized spacial score (nSPS) is 21.0. The second-order valence-corrected chi connectivity index (χ2v) is 22.1. The fraction of sp³-hybridized carbons (Fsp3) is 0.388. The molecule has 0 aliphatic carbocycles. The molecule has 0 aromatic heterocycles. The molecule has 12 heteroatoms. The van der Waals surface area contributed by atoms with E-state index in [2.05, 4.69) is 33.9 Å². The minimum atomic E-state index is -4.44. The first-order valence-electron chi connectivity index (χ1n) is 20.5. The molecule has 1 fully saturated rings. The van der Waals surface area contributed by atoms with Crippen LogP contribution in [-0.4, -0.2) is 59.2 Å². The van der Waals surface area contributed by atoms with Gasteiger partial charge in [-0.1, -0.05) is 142 Å². The largest absolute Gasteiger partial charge is 0.484 e. The van der Waals surface area contributed by atoms with Crippen molar-refractivity contribution in [3.05, 3.63) is 172 Å². The first-order valence-corrected chi connectivity index (χ1v) is 23.8. The Kier molecular flexibility index (Phi) is 15.6. The van der Waals surface area contributed by atoms with Crippen LogP contribution in [0.25, 0.3) is 0 Å². The first kappa shape index (κ1) is 46.5. The lowest BCUT2D eigenvalue weighted by molar-refractivity contribution is -0.384. The van der Waals surface area contributed by atoms with E-state index < -0.39 is 51.3 Å². The van der Waals surface area contributed by atoms with Crippen LogP contribution in [0.2, 0.25) is 23.2 Å². The Balaban J connectivity index is 1.44. The van der Waals surface area contributed by atoms with Gasteiger partial charge >= 0.3 is 6.18 Å². The van der Waals surface area contributed by atoms with Crippen LogP contribution in [0.3, 0.4) is 0 Å². The van der Waals surface area contributed by atoms with E-state index in [1.165, 1.54) is 12.1 Å². The van der Waals surface area contributed by atoms with Crippen molar-refractivity contribution >= 4 is 19.9 Å². The second-order valence-electron chi connectivity index (χ2n) is 16.9. The summed E-state index contributed by atoms with van der Waals surface area (Å²) in [5, 5.41) is 0.405. The van der Waals surface area contributed by atoms with Crippen LogP contribution in [0.4, 0.5) is 13.2 Å². The van der Waals surface area contributed by atoms with Crippen LogP contribution >= 0.6 is 11.6 Å². The molecule has 0 radical (unpaired) electrons. The number of hydrogen-bond acceptors (Lipinski definition) is 7. The molecule has 1 heterocycles. The average molecular weight is 878 g/mol. The van der Waals surface area contributed by atoms with Crippen molar-refractivity contribution in [2.75, 3.05) is 20.3 Å². The van der Waals surface area contributed by atoms with Crippen LogP contribution in [0, 0.1) is 0 Å². The lowest BCUT2D eigenvalue weighted by atomic mass is 9.86. The number of rotatable bonds is 18. The highest BCUT2D eigenvalue weighted by Crippen LogP contribution is 2.46. The van der Waals surface area contributed by atoms with Crippen molar-refractivity contribution < 1.29 is 46.0 Å². The van der Waals surface area contributed by atoms with Gasteiger partial charge in [-0.05, 0) is 76.6 Å². The molecule has 1 unspecified atom stereocenters. The maximum absolute atomic E-state index is 12.8. The van der Waals surface area contributed by atoms with Gasteiger partial charge in [0.1, 0.15) is 30.2 Å². The van der Waals surface area contributed by atoms with Crippen LogP contribution in [0.5, 0.6) is 5.75 Å². The van der Waals surface area contributed by atoms with Gasteiger partial charge in [0.2, 0.25) is 5.79 Å². The molecule has 1 aliphatic rings. The lowest BCUT2D eigenvalue weighted by Crippen LogP contribution is -2.66. The molecule has 7 nitrogen and oxygen atoms in total. The Labute approximate surface area is 364 Å². The van der Waals surface area contributed by atoms with E-state index in [-0.39, 0.29) is 37.2 Å². The van der Waals surface area contributed by atoms with E-state index in [9.17, 15) is 13.2 Å². The SMILES string of the molecule is CO[C@@]1(c2ccc(Cl)c(Cc3ccc(OCC(F)(F)F)cc3)c2)O[C@H](CO[Si](C)(C)C(C)(C)C)[C@@H](OCc2ccccc2)C(OCc2ccccc2)[C@H]1OCc1ccccc1. The summed E-state index contributed by atoms with van der Waals surface area (Å²) in [6.45, 7) is 10.6. The zero-order valence-corrected chi connectivity index (χ0v) is 37.4. The highest BCUT2D eigenvalue weighted by atomic mass is 35.5. The first-order chi connectivity index (χ1) is 29.1. The van der Waals surface area contributed by atoms with Crippen LogP contribution < -0.4 is 4.74 Å². The van der Waals surface area contributed by atoms with E-state index in [0.29, 0.717) is 17.0 Å². The summed E-state index contributed by atoms with van der Waals surface area (Å²) in [7, 11) is -0.724. The zero-order chi connectivity index (χ0) is 43.7. The molecule has 0 saturated carbocycles. The fourth-order valence-electron chi connectivity index (χ4n) is 7.01. The van der Waals surface area contributed by atoms with Crippen molar-refractivity contribution in [3.8, 4) is 5.75 Å². The third-order valence-electron chi connectivity index (χ3n) is 11.4. The molecule has 6 rings (SSSR count). The van der Waals surface area contributed by atoms with Gasteiger partial charge in [0.15, 0.2) is 14.9 Å². The Morgan fingerprint density at radius 1 is 0.672 bits per heavy atom.